The fourth-order valence-electron chi connectivity index (χ4n) is 1.50. The number of halogens is 2. The molecule has 1 aromatic heterocycles. The molecule has 1 heterocycles. The van der Waals surface area contributed by atoms with Crippen molar-refractivity contribution in [3.63, 3.8) is 0 Å². The van der Waals surface area contributed by atoms with Crippen molar-refractivity contribution in [1.82, 2.24) is 4.98 Å². The molecule has 7 heteroatoms. The summed E-state index contributed by atoms with van der Waals surface area (Å²) >= 11 is 3.11. The molecule has 0 radical (unpaired) electrons. The van der Waals surface area contributed by atoms with Crippen molar-refractivity contribution in [1.29, 1.82) is 0 Å². The van der Waals surface area contributed by atoms with Gasteiger partial charge in [-0.15, -0.1) is 0 Å². The minimum atomic E-state index is -0.689. The number of esters is 1. The van der Waals surface area contributed by atoms with Crippen molar-refractivity contribution in [2.24, 2.45) is 0 Å². The summed E-state index contributed by atoms with van der Waals surface area (Å²) in [4.78, 5) is 25.8. The van der Waals surface area contributed by atoms with Crippen molar-refractivity contribution in [2.75, 3.05) is 13.2 Å². The van der Waals surface area contributed by atoms with E-state index >= 15 is 0 Å². The number of rotatable bonds is 6. The average molecular weight is 356 g/mol. The van der Waals surface area contributed by atoms with Crippen LogP contribution in [0.2, 0.25) is 0 Å². The Bertz CT molecular complexity index is 642. The highest BCUT2D eigenvalue weighted by atomic mass is 79.9. The zero-order chi connectivity index (χ0) is 15.2. The summed E-state index contributed by atoms with van der Waals surface area (Å²) in [6.45, 7) is -0.741. The lowest BCUT2D eigenvalue weighted by atomic mass is 10.3. The molecular formula is C14H11BrFNO4. The van der Waals surface area contributed by atoms with E-state index in [1.807, 2.05) is 0 Å². The van der Waals surface area contributed by atoms with Crippen LogP contribution in [0.25, 0.3) is 0 Å². The van der Waals surface area contributed by atoms with Gasteiger partial charge in [0.1, 0.15) is 11.6 Å². The molecule has 2 aromatic rings. The largest absolute Gasteiger partial charge is 0.481 e. The van der Waals surface area contributed by atoms with Gasteiger partial charge in [0.25, 0.3) is 0 Å². The van der Waals surface area contributed by atoms with Gasteiger partial charge in [0.05, 0.1) is 10.2 Å². The van der Waals surface area contributed by atoms with Gasteiger partial charge in [-0.2, -0.15) is 0 Å². The Balaban J connectivity index is 1.78. The van der Waals surface area contributed by atoms with Crippen LogP contribution in [0, 0.1) is 5.82 Å². The van der Waals surface area contributed by atoms with E-state index in [4.69, 9.17) is 9.47 Å². The van der Waals surface area contributed by atoms with Crippen LogP contribution in [0.5, 0.6) is 5.75 Å². The van der Waals surface area contributed by atoms with Crippen molar-refractivity contribution in [2.45, 2.75) is 0 Å². The first-order valence-electron chi connectivity index (χ1n) is 5.96. The highest BCUT2D eigenvalue weighted by Crippen LogP contribution is 2.25. The standard InChI is InChI=1S/C14H11BrFNO4/c15-10-6-9(16)3-4-13(10)20-8-14(19)21-7-12(18)11-2-1-5-17-11/h1-6,17H,7-8H2. The number of benzene rings is 1. The number of aromatic nitrogens is 1. The lowest BCUT2D eigenvalue weighted by Crippen LogP contribution is -2.19. The Hall–Kier alpha value is -2.15. The van der Waals surface area contributed by atoms with Gasteiger partial charge in [0.15, 0.2) is 13.2 Å². The zero-order valence-electron chi connectivity index (χ0n) is 10.8. The van der Waals surface area contributed by atoms with Gasteiger partial charge in [-0.25, -0.2) is 9.18 Å². The van der Waals surface area contributed by atoms with Crippen LogP contribution in [0.1, 0.15) is 10.5 Å². The number of nitrogens with one attached hydrogen (secondary N) is 1. The van der Waals surface area contributed by atoms with Crippen LogP contribution < -0.4 is 4.74 Å². The Kier molecular flexibility index (Phi) is 5.10. The maximum Gasteiger partial charge on any atom is 0.344 e. The Morgan fingerprint density at radius 3 is 2.71 bits per heavy atom. The first-order chi connectivity index (χ1) is 10.1. The summed E-state index contributed by atoms with van der Waals surface area (Å²) in [5.74, 6) is -1.14. The van der Waals surface area contributed by atoms with Gasteiger partial charge >= 0.3 is 5.97 Å². The second-order valence-electron chi connectivity index (χ2n) is 4.03. The summed E-state index contributed by atoms with van der Waals surface area (Å²) in [6, 6.07) is 7.07. The first-order valence-corrected chi connectivity index (χ1v) is 6.75. The summed E-state index contributed by atoms with van der Waals surface area (Å²) in [5.41, 5.74) is 0.366. The molecule has 1 aromatic carbocycles. The van der Waals surface area contributed by atoms with Gasteiger partial charge < -0.3 is 14.5 Å². The number of H-pyrrole nitrogens is 1. The molecule has 110 valence electrons. The maximum atomic E-state index is 12.9. The van der Waals surface area contributed by atoms with Crippen molar-refractivity contribution in [3.8, 4) is 5.75 Å². The molecule has 0 fully saturated rings. The third-order valence-corrected chi connectivity index (χ3v) is 3.12. The number of ketones is 1. The van der Waals surface area contributed by atoms with Crippen LogP contribution >= 0.6 is 15.9 Å². The van der Waals surface area contributed by atoms with E-state index < -0.39 is 11.8 Å². The first kappa shape index (κ1) is 15.2. The molecule has 0 bridgehead atoms. The molecular weight excluding hydrogens is 345 g/mol. The topological polar surface area (TPSA) is 68.4 Å². The van der Waals surface area contributed by atoms with Gasteiger partial charge in [-0.3, -0.25) is 4.79 Å². The number of aromatic amines is 1. The third-order valence-electron chi connectivity index (χ3n) is 2.50. The minimum Gasteiger partial charge on any atom is -0.481 e. The quantitative estimate of drug-likeness (QED) is 0.638. The van der Waals surface area contributed by atoms with Crippen LogP contribution in [0.3, 0.4) is 0 Å². The molecule has 0 saturated carbocycles. The fourth-order valence-corrected chi connectivity index (χ4v) is 1.96. The number of ether oxygens (including phenoxy) is 2. The molecule has 0 amide bonds. The highest BCUT2D eigenvalue weighted by Gasteiger charge is 2.12. The van der Waals surface area contributed by atoms with E-state index in [1.54, 1.807) is 18.3 Å². The van der Waals surface area contributed by atoms with E-state index in [1.165, 1.54) is 18.2 Å². The molecule has 1 N–H and O–H groups in total. The third kappa shape index (κ3) is 4.42. The Labute approximate surface area is 128 Å². The maximum absolute atomic E-state index is 12.9. The van der Waals surface area contributed by atoms with E-state index in [0.717, 1.165) is 0 Å². The summed E-state index contributed by atoms with van der Waals surface area (Å²) in [5, 5.41) is 0. The van der Waals surface area contributed by atoms with E-state index in [2.05, 4.69) is 20.9 Å². The molecule has 0 aliphatic carbocycles. The monoisotopic (exact) mass is 355 g/mol. The average Bonchev–Trinajstić information content (AvgIpc) is 2.98. The lowest BCUT2D eigenvalue weighted by molar-refractivity contribution is -0.144. The highest BCUT2D eigenvalue weighted by molar-refractivity contribution is 9.10. The Morgan fingerprint density at radius 1 is 1.24 bits per heavy atom. The zero-order valence-corrected chi connectivity index (χ0v) is 12.4. The minimum absolute atomic E-state index is 0.309. The van der Waals surface area contributed by atoms with Gasteiger partial charge in [-0.05, 0) is 46.3 Å². The number of Topliss-reactive ketones (excluding diaryl/α,β-unsaturated/α-hetero) is 1. The molecule has 21 heavy (non-hydrogen) atoms. The predicted molar refractivity (Wildman–Crippen MR) is 75.7 cm³/mol. The molecule has 0 aliphatic heterocycles. The molecule has 0 unspecified atom stereocenters. The molecule has 2 rings (SSSR count). The molecule has 5 nitrogen and oxygen atoms in total. The summed E-state index contributed by atoms with van der Waals surface area (Å²) in [6.07, 6.45) is 1.60. The molecule has 0 aliphatic rings. The van der Waals surface area contributed by atoms with Crippen molar-refractivity contribution in [3.05, 3.63) is 52.5 Å². The second-order valence-corrected chi connectivity index (χ2v) is 4.89. The van der Waals surface area contributed by atoms with Crippen LogP contribution in [0.4, 0.5) is 4.39 Å². The summed E-state index contributed by atoms with van der Waals surface area (Å²) in [7, 11) is 0. The summed E-state index contributed by atoms with van der Waals surface area (Å²) < 4.78 is 23.2. The smallest absolute Gasteiger partial charge is 0.344 e. The number of carbonyl (C=O) groups is 2. The van der Waals surface area contributed by atoms with E-state index in [0.29, 0.717) is 15.9 Å². The predicted octanol–water partition coefficient (Wildman–Crippen LogP) is 2.72. The van der Waals surface area contributed by atoms with Crippen LogP contribution in [-0.2, 0) is 9.53 Å². The molecule has 0 saturated heterocycles. The number of hydrogen-bond acceptors (Lipinski definition) is 4. The van der Waals surface area contributed by atoms with Crippen molar-refractivity contribution < 1.29 is 23.5 Å². The second kappa shape index (κ2) is 7.03. The van der Waals surface area contributed by atoms with Crippen LogP contribution in [0.15, 0.2) is 41.0 Å². The molecule has 0 atom stereocenters. The number of hydrogen-bond donors (Lipinski definition) is 1. The molecule has 0 spiro atoms. The fraction of sp³-hybridized carbons (Fsp3) is 0.143. The Morgan fingerprint density at radius 2 is 2.05 bits per heavy atom. The SMILES string of the molecule is O=C(COc1ccc(F)cc1Br)OCC(=O)c1ccc[nH]1. The van der Waals surface area contributed by atoms with Gasteiger partial charge in [0, 0.05) is 6.20 Å². The normalized spacial score (nSPS) is 10.2. The lowest BCUT2D eigenvalue weighted by Gasteiger charge is -2.08. The van der Waals surface area contributed by atoms with Gasteiger partial charge in [0.2, 0.25) is 5.78 Å². The number of carbonyl (C=O) groups excluding carboxylic acids is 2. The van der Waals surface area contributed by atoms with Crippen LogP contribution in [-0.4, -0.2) is 30.0 Å². The van der Waals surface area contributed by atoms with Gasteiger partial charge in [-0.1, -0.05) is 0 Å². The van der Waals surface area contributed by atoms with E-state index in [9.17, 15) is 14.0 Å². The van der Waals surface area contributed by atoms with Crippen molar-refractivity contribution >= 4 is 27.7 Å². The van der Waals surface area contributed by atoms with E-state index in [-0.39, 0.29) is 19.0 Å².